The Morgan fingerprint density at radius 1 is 1.12 bits per heavy atom. The van der Waals surface area contributed by atoms with Crippen LogP contribution in [0.4, 0.5) is 0 Å². The summed E-state index contributed by atoms with van der Waals surface area (Å²) in [4.78, 5) is 23.8. The molecular formula is C19H21N3O4. The third-order valence-corrected chi connectivity index (χ3v) is 3.37. The lowest BCUT2D eigenvalue weighted by Crippen LogP contribution is -2.34. The number of carbonyl (C=O) groups is 2. The molecule has 0 fully saturated rings. The number of hydrogen-bond donors (Lipinski definition) is 2. The number of hydrogen-bond acceptors (Lipinski definition) is 5. The second-order valence-electron chi connectivity index (χ2n) is 5.18. The first-order valence-corrected chi connectivity index (χ1v) is 8.10. The highest BCUT2D eigenvalue weighted by Gasteiger charge is 2.08. The standard InChI is InChI=1S/C19H21N3O4/c1-3-26-16-10-8-14(9-11-16)19(24)20-13-18(23)22-21-12-15-6-4-5-7-17(15)25-2/h4-12H,3,13H2,1-2H3,(H,20,24)(H,22,23). The SMILES string of the molecule is CCOc1ccc(C(=O)NCC(=O)NN=Cc2ccccc2OC)cc1. The maximum Gasteiger partial charge on any atom is 0.259 e. The Kier molecular flexibility index (Phi) is 7.17. The Morgan fingerprint density at radius 3 is 2.54 bits per heavy atom. The van der Waals surface area contributed by atoms with Crippen molar-refractivity contribution in [1.82, 2.24) is 10.7 Å². The molecule has 0 saturated heterocycles. The van der Waals surface area contributed by atoms with Crippen molar-refractivity contribution >= 4 is 18.0 Å². The minimum atomic E-state index is -0.435. The molecule has 0 aromatic heterocycles. The maximum absolute atomic E-state index is 12.0. The van der Waals surface area contributed by atoms with E-state index < -0.39 is 5.91 Å². The van der Waals surface area contributed by atoms with Crippen LogP contribution in [0.2, 0.25) is 0 Å². The van der Waals surface area contributed by atoms with Crippen LogP contribution in [0.25, 0.3) is 0 Å². The number of nitrogens with zero attached hydrogens (tertiary/aromatic N) is 1. The highest BCUT2D eigenvalue weighted by molar-refractivity contribution is 5.96. The highest BCUT2D eigenvalue weighted by Crippen LogP contribution is 2.14. The van der Waals surface area contributed by atoms with Crippen molar-refractivity contribution in [2.75, 3.05) is 20.3 Å². The molecule has 0 unspecified atom stereocenters. The molecule has 26 heavy (non-hydrogen) atoms. The van der Waals surface area contributed by atoms with Crippen molar-refractivity contribution in [2.24, 2.45) is 5.10 Å². The van der Waals surface area contributed by atoms with Crippen LogP contribution < -0.4 is 20.2 Å². The Morgan fingerprint density at radius 2 is 1.85 bits per heavy atom. The van der Waals surface area contributed by atoms with Gasteiger partial charge >= 0.3 is 0 Å². The summed E-state index contributed by atoms with van der Waals surface area (Å²) < 4.78 is 10.5. The number of hydrazone groups is 1. The van der Waals surface area contributed by atoms with Crippen LogP contribution >= 0.6 is 0 Å². The third kappa shape index (κ3) is 5.62. The van der Waals surface area contributed by atoms with E-state index in [0.717, 1.165) is 5.56 Å². The van der Waals surface area contributed by atoms with E-state index in [9.17, 15) is 9.59 Å². The van der Waals surface area contributed by atoms with Gasteiger partial charge in [-0.15, -0.1) is 0 Å². The monoisotopic (exact) mass is 355 g/mol. The molecule has 0 aliphatic rings. The molecule has 2 rings (SSSR count). The molecule has 2 aromatic carbocycles. The minimum Gasteiger partial charge on any atom is -0.496 e. The predicted molar refractivity (Wildman–Crippen MR) is 98.7 cm³/mol. The van der Waals surface area contributed by atoms with Gasteiger partial charge in [0.2, 0.25) is 0 Å². The summed E-state index contributed by atoms with van der Waals surface area (Å²) in [6.07, 6.45) is 1.48. The quantitative estimate of drug-likeness (QED) is 0.560. The van der Waals surface area contributed by atoms with Gasteiger partial charge in [-0.2, -0.15) is 5.10 Å². The second kappa shape index (κ2) is 9.83. The molecule has 2 N–H and O–H groups in total. The number of ether oxygens (including phenoxy) is 2. The van der Waals surface area contributed by atoms with Gasteiger partial charge in [-0.05, 0) is 43.3 Å². The lowest BCUT2D eigenvalue weighted by Gasteiger charge is -2.06. The number of nitrogens with one attached hydrogen (secondary N) is 2. The number of para-hydroxylation sites is 1. The lowest BCUT2D eigenvalue weighted by atomic mass is 10.2. The van der Waals surface area contributed by atoms with Crippen molar-refractivity contribution in [3.63, 3.8) is 0 Å². The average molecular weight is 355 g/mol. The van der Waals surface area contributed by atoms with E-state index in [0.29, 0.717) is 23.7 Å². The summed E-state index contributed by atoms with van der Waals surface area (Å²) in [5, 5.41) is 6.39. The van der Waals surface area contributed by atoms with E-state index >= 15 is 0 Å². The van der Waals surface area contributed by atoms with Crippen molar-refractivity contribution in [1.29, 1.82) is 0 Å². The van der Waals surface area contributed by atoms with Gasteiger partial charge in [-0.3, -0.25) is 9.59 Å². The molecule has 0 saturated carbocycles. The fourth-order valence-corrected chi connectivity index (χ4v) is 2.12. The number of benzene rings is 2. The van der Waals surface area contributed by atoms with E-state index in [1.165, 1.54) is 6.21 Å². The van der Waals surface area contributed by atoms with E-state index in [1.54, 1.807) is 37.4 Å². The Labute approximate surface area is 152 Å². The van der Waals surface area contributed by atoms with Crippen LogP contribution in [0.5, 0.6) is 11.5 Å². The smallest absolute Gasteiger partial charge is 0.259 e. The first-order chi connectivity index (χ1) is 12.6. The zero-order valence-electron chi connectivity index (χ0n) is 14.7. The molecule has 0 radical (unpaired) electrons. The lowest BCUT2D eigenvalue weighted by molar-refractivity contribution is -0.120. The normalized spacial score (nSPS) is 10.4. The molecule has 136 valence electrons. The maximum atomic E-state index is 12.0. The van der Waals surface area contributed by atoms with Crippen LogP contribution in [0.1, 0.15) is 22.8 Å². The van der Waals surface area contributed by atoms with Crippen LogP contribution in [-0.2, 0) is 4.79 Å². The third-order valence-electron chi connectivity index (χ3n) is 3.37. The van der Waals surface area contributed by atoms with Crippen molar-refractivity contribution in [3.8, 4) is 11.5 Å². The summed E-state index contributed by atoms with van der Waals surface area (Å²) in [7, 11) is 1.56. The fourth-order valence-electron chi connectivity index (χ4n) is 2.12. The zero-order chi connectivity index (χ0) is 18.8. The highest BCUT2D eigenvalue weighted by atomic mass is 16.5. The van der Waals surface area contributed by atoms with Crippen molar-refractivity contribution in [3.05, 3.63) is 59.7 Å². The van der Waals surface area contributed by atoms with E-state index in [2.05, 4.69) is 15.8 Å². The molecule has 0 heterocycles. The van der Waals surface area contributed by atoms with Gasteiger partial charge in [-0.25, -0.2) is 5.43 Å². The Hall–Kier alpha value is -3.35. The first kappa shape index (κ1) is 19.0. The van der Waals surface area contributed by atoms with Gasteiger partial charge in [0.05, 0.1) is 26.5 Å². The molecular weight excluding hydrogens is 334 g/mol. The Bertz CT molecular complexity index is 773. The van der Waals surface area contributed by atoms with Gasteiger partial charge in [0.1, 0.15) is 11.5 Å². The second-order valence-corrected chi connectivity index (χ2v) is 5.18. The number of methoxy groups -OCH3 is 1. The molecule has 2 amide bonds. The van der Waals surface area contributed by atoms with Crippen LogP contribution in [-0.4, -0.2) is 38.3 Å². The molecule has 0 atom stereocenters. The van der Waals surface area contributed by atoms with E-state index in [4.69, 9.17) is 9.47 Å². The fraction of sp³-hybridized carbons (Fsp3) is 0.211. The van der Waals surface area contributed by atoms with E-state index in [-0.39, 0.29) is 12.5 Å². The summed E-state index contributed by atoms with van der Waals surface area (Å²) in [5.41, 5.74) is 3.53. The number of carbonyl (C=O) groups excluding carboxylic acids is 2. The zero-order valence-corrected chi connectivity index (χ0v) is 14.7. The number of rotatable bonds is 8. The topological polar surface area (TPSA) is 89.0 Å². The summed E-state index contributed by atoms with van der Waals surface area (Å²) >= 11 is 0. The van der Waals surface area contributed by atoms with E-state index in [1.807, 2.05) is 25.1 Å². The molecule has 7 heteroatoms. The summed E-state index contributed by atoms with van der Waals surface area (Å²) in [5.74, 6) is 0.550. The largest absolute Gasteiger partial charge is 0.496 e. The van der Waals surface area contributed by atoms with Crippen LogP contribution in [0.3, 0.4) is 0 Å². The molecule has 0 bridgehead atoms. The van der Waals surface area contributed by atoms with Gasteiger partial charge in [0, 0.05) is 11.1 Å². The van der Waals surface area contributed by atoms with Crippen LogP contribution in [0, 0.1) is 0 Å². The molecule has 7 nitrogen and oxygen atoms in total. The molecule has 0 aliphatic carbocycles. The van der Waals surface area contributed by atoms with Gasteiger partial charge < -0.3 is 14.8 Å². The summed E-state index contributed by atoms with van der Waals surface area (Å²) in [6.45, 7) is 2.26. The van der Waals surface area contributed by atoms with Crippen molar-refractivity contribution in [2.45, 2.75) is 6.92 Å². The van der Waals surface area contributed by atoms with Gasteiger partial charge in [0.15, 0.2) is 0 Å². The summed E-state index contributed by atoms with van der Waals surface area (Å²) in [6, 6.07) is 14.0. The van der Waals surface area contributed by atoms with Crippen LogP contribution in [0.15, 0.2) is 53.6 Å². The molecule has 0 aliphatic heterocycles. The number of amides is 2. The van der Waals surface area contributed by atoms with Gasteiger partial charge in [-0.1, -0.05) is 12.1 Å². The average Bonchev–Trinajstić information content (AvgIpc) is 2.67. The molecule has 0 spiro atoms. The first-order valence-electron chi connectivity index (χ1n) is 8.10. The minimum absolute atomic E-state index is 0.185. The van der Waals surface area contributed by atoms with Gasteiger partial charge in [0.25, 0.3) is 11.8 Å². The Balaban J connectivity index is 1.80. The van der Waals surface area contributed by atoms with Crippen molar-refractivity contribution < 1.29 is 19.1 Å². The predicted octanol–water partition coefficient (Wildman–Crippen LogP) is 1.97. The molecule has 2 aromatic rings.